The zero-order valence-electron chi connectivity index (χ0n) is 7.14. The molecule has 0 aromatic heterocycles. The molecule has 0 saturated heterocycles. The third kappa shape index (κ3) is 2.29. The van der Waals surface area contributed by atoms with Crippen molar-refractivity contribution in [3.8, 4) is 0 Å². The van der Waals surface area contributed by atoms with Crippen LogP contribution in [0.4, 0.5) is 8.78 Å². The van der Waals surface area contributed by atoms with Crippen LogP contribution in [0, 0.1) is 24.0 Å². The second kappa shape index (κ2) is 3.65. The molecule has 0 aliphatic rings. The first kappa shape index (κ1) is 9.17. The highest BCUT2D eigenvalue weighted by molar-refractivity contribution is 5.25. The van der Waals surface area contributed by atoms with Crippen molar-refractivity contribution in [1.29, 1.82) is 0 Å². The van der Waals surface area contributed by atoms with Gasteiger partial charge in [-0.1, -0.05) is 19.9 Å². The Morgan fingerprint density at radius 2 is 1.92 bits per heavy atom. The second-order valence-electron chi connectivity index (χ2n) is 3.08. The van der Waals surface area contributed by atoms with E-state index in [1.165, 1.54) is 12.1 Å². The van der Waals surface area contributed by atoms with Crippen LogP contribution in [-0.4, -0.2) is 0 Å². The Morgan fingerprint density at radius 1 is 1.25 bits per heavy atom. The minimum absolute atomic E-state index is 0.268. The van der Waals surface area contributed by atoms with E-state index in [4.69, 9.17) is 0 Å². The monoisotopic (exact) mass is 169 g/mol. The van der Waals surface area contributed by atoms with Crippen LogP contribution in [0.25, 0.3) is 0 Å². The molecule has 0 aliphatic heterocycles. The number of hydrogen-bond acceptors (Lipinski definition) is 0. The molecule has 0 amide bonds. The van der Waals surface area contributed by atoms with Crippen LogP contribution in [0.15, 0.2) is 18.2 Å². The predicted molar refractivity (Wildman–Crippen MR) is 44.6 cm³/mol. The topological polar surface area (TPSA) is 0 Å². The van der Waals surface area contributed by atoms with Gasteiger partial charge in [0.2, 0.25) is 0 Å². The Labute approximate surface area is 71.2 Å². The lowest BCUT2D eigenvalue weighted by Gasteiger charge is -2.04. The maximum Gasteiger partial charge on any atom is 0.129 e. The Morgan fingerprint density at radius 3 is 2.42 bits per heavy atom. The minimum Gasteiger partial charge on any atom is -0.207 e. The average molecular weight is 169 g/mol. The maximum absolute atomic E-state index is 12.9. The summed E-state index contributed by atoms with van der Waals surface area (Å²) in [6, 6.07) is 3.61. The van der Waals surface area contributed by atoms with Crippen LogP contribution >= 0.6 is 0 Å². The van der Waals surface area contributed by atoms with E-state index in [1.54, 1.807) is 6.42 Å². The van der Waals surface area contributed by atoms with E-state index >= 15 is 0 Å². The third-order valence-electron chi connectivity index (χ3n) is 1.48. The zero-order valence-corrected chi connectivity index (χ0v) is 7.14. The smallest absolute Gasteiger partial charge is 0.129 e. The molecule has 0 nitrogen and oxygen atoms in total. The molecule has 0 fully saturated rings. The highest BCUT2D eigenvalue weighted by atomic mass is 19.1. The third-order valence-corrected chi connectivity index (χ3v) is 1.48. The quantitative estimate of drug-likeness (QED) is 0.637. The van der Waals surface area contributed by atoms with Gasteiger partial charge in [0.15, 0.2) is 0 Å². The summed E-state index contributed by atoms with van der Waals surface area (Å²) < 4.78 is 25.4. The van der Waals surface area contributed by atoms with Gasteiger partial charge in [-0.05, 0) is 24.0 Å². The first-order valence-electron chi connectivity index (χ1n) is 3.89. The molecule has 0 aliphatic carbocycles. The Kier molecular flexibility index (Phi) is 2.79. The van der Waals surface area contributed by atoms with Gasteiger partial charge in [0.1, 0.15) is 11.6 Å². The highest BCUT2D eigenvalue weighted by Gasteiger charge is 2.05. The Bertz CT molecular complexity index is 267. The van der Waals surface area contributed by atoms with Crippen molar-refractivity contribution in [2.45, 2.75) is 13.8 Å². The fourth-order valence-electron chi connectivity index (χ4n) is 0.996. The lowest BCUT2D eigenvalue weighted by Crippen LogP contribution is -1.94. The largest absolute Gasteiger partial charge is 0.207 e. The zero-order chi connectivity index (χ0) is 9.14. The molecule has 1 radical (unpaired) electrons. The first-order chi connectivity index (χ1) is 5.59. The van der Waals surface area contributed by atoms with Gasteiger partial charge in [0, 0.05) is 6.07 Å². The van der Waals surface area contributed by atoms with Crippen molar-refractivity contribution in [2.24, 2.45) is 5.92 Å². The summed E-state index contributed by atoms with van der Waals surface area (Å²) in [6.45, 7) is 3.89. The van der Waals surface area contributed by atoms with Crippen LogP contribution in [-0.2, 0) is 0 Å². The fraction of sp³-hybridized carbons (Fsp3) is 0.300. The molecule has 1 aromatic carbocycles. The molecule has 0 saturated carbocycles. The predicted octanol–water partition coefficient (Wildman–Crippen LogP) is 3.17. The van der Waals surface area contributed by atoms with Gasteiger partial charge in [-0.25, -0.2) is 8.78 Å². The lowest BCUT2D eigenvalue weighted by molar-refractivity contribution is 0.574. The lowest BCUT2D eigenvalue weighted by atomic mass is 10.0. The molecule has 12 heavy (non-hydrogen) atoms. The Balaban J connectivity index is 2.86. The van der Waals surface area contributed by atoms with Gasteiger partial charge >= 0.3 is 0 Å². The number of rotatable bonds is 2. The summed E-state index contributed by atoms with van der Waals surface area (Å²) in [5.74, 6) is -0.762. The van der Waals surface area contributed by atoms with Crippen LogP contribution in [0.1, 0.15) is 19.4 Å². The second-order valence-corrected chi connectivity index (χ2v) is 3.08. The molecule has 0 N–H and O–H groups in total. The molecule has 0 spiro atoms. The SMILES string of the molecule is CC(C)[CH]c1ccc(F)cc1F. The van der Waals surface area contributed by atoms with Crippen molar-refractivity contribution in [1.82, 2.24) is 0 Å². The number of benzene rings is 1. The number of hydrogen-bond donors (Lipinski definition) is 0. The first-order valence-corrected chi connectivity index (χ1v) is 3.89. The standard InChI is InChI=1S/C10H11F2/c1-7(2)5-8-3-4-9(11)6-10(8)12/h3-7H,1-2H3. The number of halogens is 2. The van der Waals surface area contributed by atoms with Crippen LogP contribution < -0.4 is 0 Å². The minimum atomic E-state index is -0.534. The molecule has 1 rings (SSSR count). The summed E-state index contributed by atoms with van der Waals surface area (Å²) in [4.78, 5) is 0. The van der Waals surface area contributed by atoms with Crippen molar-refractivity contribution < 1.29 is 8.78 Å². The highest BCUT2D eigenvalue weighted by Crippen LogP contribution is 2.15. The van der Waals surface area contributed by atoms with Crippen molar-refractivity contribution in [3.63, 3.8) is 0 Å². The van der Waals surface area contributed by atoms with Gasteiger partial charge < -0.3 is 0 Å². The molecule has 0 heterocycles. The molecule has 0 bridgehead atoms. The van der Waals surface area contributed by atoms with Crippen LogP contribution in [0.5, 0.6) is 0 Å². The van der Waals surface area contributed by atoms with Gasteiger partial charge in [0.05, 0.1) is 0 Å². The maximum atomic E-state index is 12.9. The Hall–Kier alpha value is -0.920. The van der Waals surface area contributed by atoms with Gasteiger partial charge in [-0.3, -0.25) is 0 Å². The van der Waals surface area contributed by atoms with E-state index in [-0.39, 0.29) is 5.92 Å². The summed E-state index contributed by atoms with van der Waals surface area (Å²) in [7, 11) is 0. The van der Waals surface area contributed by atoms with E-state index in [1.807, 2.05) is 13.8 Å². The summed E-state index contributed by atoms with van der Waals surface area (Å²) in [5, 5.41) is 0. The normalized spacial score (nSPS) is 10.8. The molecule has 1 aromatic rings. The molecule has 0 atom stereocenters. The van der Waals surface area contributed by atoms with Crippen LogP contribution in [0.2, 0.25) is 0 Å². The molecule has 2 heteroatoms. The van der Waals surface area contributed by atoms with E-state index < -0.39 is 11.6 Å². The summed E-state index contributed by atoms with van der Waals surface area (Å²) >= 11 is 0. The van der Waals surface area contributed by atoms with E-state index in [0.717, 1.165) is 6.07 Å². The van der Waals surface area contributed by atoms with Crippen molar-refractivity contribution in [2.75, 3.05) is 0 Å². The van der Waals surface area contributed by atoms with Crippen molar-refractivity contribution in [3.05, 3.63) is 41.8 Å². The molecular weight excluding hydrogens is 158 g/mol. The van der Waals surface area contributed by atoms with E-state index in [2.05, 4.69) is 0 Å². The fourth-order valence-corrected chi connectivity index (χ4v) is 0.996. The van der Waals surface area contributed by atoms with E-state index in [0.29, 0.717) is 5.56 Å². The summed E-state index contributed by atoms with van der Waals surface area (Å²) in [5.41, 5.74) is 0.464. The van der Waals surface area contributed by atoms with Crippen LogP contribution in [0.3, 0.4) is 0 Å². The van der Waals surface area contributed by atoms with E-state index in [9.17, 15) is 8.78 Å². The molecule has 65 valence electrons. The van der Waals surface area contributed by atoms with Gasteiger partial charge in [0.25, 0.3) is 0 Å². The molecular formula is C10H11F2. The average Bonchev–Trinajstić information content (AvgIpc) is 1.94. The summed E-state index contributed by atoms with van der Waals surface area (Å²) in [6.07, 6.45) is 1.76. The van der Waals surface area contributed by atoms with Gasteiger partial charge in [-0.2, -0.15) is 0 Å². The van der Waals surface area contributed by atoms with Crippen molar-refractivity contribution >= 4 is 0 Å². The van der Waals surface area contributed by atoms with Gasteiger partial charge in [-0.15, -0.1) is 0 Å². The molecule has 0 unspecified atom stereocenters.